The SMILES string of the molecule is Cc1ccc(SC(C(=O)NCC(=O)O)C(C)C)c(C)c1. The molecule has 110 valence electrons. The Kier molecular flexibility index (Phi) is 6.07. The van der Waals surface area contributed by atoms with Gasteiger partial charge in [-0.2, -0.15) is 0 Å². The molecule has 0 aliphatic carbocycles. The number of hydrogen-bond donors (Lipinski definition) is 2. The molecule has 1 rings (SSSR count). The first-order valence-electron chi connectivity index (χ1n) is 6.54. The lowest BCUT2D eigenvalue weighted by atomic mass is 10.1. The summed E-state index contributed by atoms with van der Waals surface area (Å²) >= 11 is 1.49. The summed E-state index contributed by atoms with van der Waals surface area (Å²) in [6.07, 6.45) is 0. The minimum Gasteiger partial charge on any atom is -0.480 e. The Hall–Kier alpha value is -1.49. The molecular formula is C15H21NO3S. The zero-order valence-electron chi connectivity index (χ0n) is 12.3. The van der Waals surface area contributed by atoms with E-state index in [1.807, 2.05) is 39.8 Å². The highest BCUT2D eigenvalue weighted by molar-refractivity contribution is 8.00. The van der Waals surface area contributed by atoms with Crippen molar-refractivity contribution in [3.05, 3.63) is 29.3 Å². The molecule has 0 aromatic heterocycles. The van der Waals surface area contributed by atoms with Crippen molar-refractivity contribution in [1.82, 2.24) is 5.32 Å². The van der Waals surface area contributed by atoms with E-state index in [-0.39, 0.29) is 23.6 Å². The standard InChI is InChI=1S/C15H21NO3S/c1-9(2)14(15(19)16-8-13(17)18)20-12-6-5-10(3)7-11(12)4/h5-7,9,14H,8H2,1-4H3,(H,16,19)(H,17,18). The average molecular weight is 295 g/mol. The van der Waals surface area contributed by atoms with Gasteiger partial charge in [-0.05, 0) is 31.4 Å². The van der Waals surface area contributed by atoms with Gasteiger partial charge in [-0.25, -0.2) is 0 Å². The highest BCUT2D eigenvalue weighted by Gasteiger charge is 2.24. The number of aryl methyl sites for hydroxylation is 2. The fourth-order valence-corrected chi connectivity index (χ4v) is 2.95. The Morgan fingerprint density at radius 2 is 1.95 bits per heavy atom. The van der Waals surface area contributed by atoms with Crippen LogP contribution in [-0.2, 0) is 9.59 Å². The number of aliphatic carboxylic acids is 1. The summed E-state index contributed by atoms with van der Waals surface area (Å²) in [5, 5.41) is 10.8. The van der Waals surface area contributed by atoms with Crippen molar-refractivity contribution in [2.24, 2.45) is 5.92 Å². The van der Waals surface area contributed by atoms with Crippen LogP contribution in [0.4, 0.5) is 0 Å². The number of carboxylic acids is 1. The summed E-state index contributed by atoms with van der Waals surface area (Å²) in [7, 11) is 0. The Morgan fingerprint density at radius 3 is 2.45 bits per heavy atom. The lowest BCUT2D eigenvalue weighted by Crippen LogP contribution is -2.38. The molecule has 0 radical (unpaired) electrons. The monoisotopic (exact) mass is 295 g/mol. The summed E-state index contributed by atoms with van der Waals surface area (Å²) in [6, 6.07) is 6.10. The summed E-state index contributed by atoms with van der Waals surface area (Å²) in [6.45, 7) is 7.63. The maximum atomic E-state index is 12.1. The van der Waals surface area contributed by atoms with Gasteiger partial charge < -0.3 is 10.4 Å². The van der Waals surface area contributed by atoms with Crippen LogP contribution in [0.3, 0.4) is 0 Å². The molecule has 1 unspecified atom stereocenters. The van der Waals surface area contributed by atoms with Crippen LogP contribution in [0, 0.1) is 19.8 Å². The van der Waals surface area contributed by atoms with E-state index >= 15 is 0 Å². The van der Waals surface area contributed by atoms with Gasteiger partial charge in [0.15, 0.2) is 0 Å². The van der Waals surface area contributed by atoms with Crippen molar-refractivity contribution in [2.75, 3.05) is 6.54 Å². The topological polar surface area (TPSA) is 66.4 Å². The van der Waals surface area contributed by atoms with Crippen LogP contribution in [-0.4, -0.2) is 28.8 Å². The van der Waals surface area contributed by atoms with Crippen molar-refractivity contribution < 1.29 is 14.7 Å². The fraction of sp³-hybridized carbons (Fsp3) is 0.467. The van der Waals surface area contributed by atoms with Crippen LogP contribution in [0.15, 0.2) is 23.1 Å². The predicted molar refractivity (Wildman–Crippen MR) is 81.0 cm³/mol. The summed E-state index contributed by atoms with van der Waals surface area (Å²) in [5.41, 5.74) is 2.31. The molecule has 0 heterocycles. The van der Waals surface area contributed by atoms with Gasteiger partial charge in [-0.1, -0.05) is 31.5 Å². The van der Waals surface area contributed by atoms with E-state index in [1.165, 1.54) is 17.3 Å². The predicted octanol–water partition coefficient (Wildman–Crippen LogP) is 2.62. The second-order valence-corrected chi connectivity index (χ2v) is 6.35. The number of carbonyl (C=O) groups is 2. The van der Waals surface area contributed by atoms with Crippen LogP contribution in [0.2, 0.25) is 0 Å². The number of carbonyl (C=O) groups excluding carboxylic acids is 1. The van der Waals surface area contributed by atoms with Gasteiger partial charge in [-0.15, -0.1) is 11.8 Å². The van der Waals surface area contributed by atoms with E-state index in [1.54, 1.807) is 0 Å². The third-order valence-electron chi connectivity index (χ3n) is 2.86. The molecule has 0 spiro atoms. The number of thioether (sulfide) groups is 1. The zero-order valence-corrected chi connectivity index (χ0v) is 13.1. The molecule has 1 aromatic rings. The smallest absolute Gasteiger partial charge is 0.322 e. The maximum absolute atomic E-state index is 12.1. The Bertz CT molecular complexity index is 500. The molecule has 5 heteroatoms. The van der Waals surface area contributed by atoms with Crippen LogP contribution in [0.1, 0.15) is 25.0 Å². The molecule has 0 fully saturated rings. The van der Waals surface area contributed by atoms with Crippen LogP contribution in [0.5, 0.6) is 0 Å². The van der Waals surface area contributed by atoms with Crippen molar-refractivity contribution in [2.45, 2.75) is 37.8 Å². The van der Waals surface area contributed by atoms with Crippen molar-refractivity contribution in [3.63, 3.8) is 0 Å². The van der Waals surface area contributed by atoms with Gasteiger partial charge in [0.05, 0.1) is 5.25 Å². The van der Waals surface area contributed by atoms with Gasteiger partial charge >= 0.3 is 5.97 Å². The fourth-order valence-electron chi connectivity index (χ4n) is 1.82. The molecule has 20 heavy (non-hydrogen) atoms. The molecule has 1 aromatic carbocycles. The second kappa shape index (κ2) is 7.33. The Morgan fingerprint density at radius 1 is 1.30 bits per heavy atom. The molecule has 2 N–H and O–H groups in total. The average Bonchev–Trinajstić information content (AvgIpc) is 2.34. The molecule has 0 saturated carbocycles. The lowest BCUT2D eigenvalue weighted by Gasteiger charge is -2.20. The van der Waals surface area contributed by atoms with Gasteiger partial charge in [-0.3, -0.25) is 9.59 Å². The third-order valence-corrected chi connectivity index (χ3v) is 4.59. The second-order valence-electron chi connectivity index (χ2n) is 5.16. The lowest BCUT2D eigenvalue weighted by molar-refractivity contribution is -0.137. The number of nitrogens with one attached hydrogen (secondary N) is 1. The Balaban J connectivity index is 2.81. The van der Waals surface area contributed by atoms with Gasteiger partial charge in [0.25, 0.3) is 0 Å². The first kappa shape index (κ1) is 16.6. The maximum Gasteiger partial charge on any atom is 0.322 e. The molecule has 0 aliphatic rings. The summed E-state index contributed by atoms with van der Waals surface area (Å²) in [5.74, 6) is -1.14. The minimum atomic E-state index is -1.03. The zero-order chi connectivity index (χ0) is 15.3. The highest BCUT2D eigenvalue weighted by atomic mass is 32.2. The molecule has 1 amide bonds. The van der Waals surface area contributed by atoms with Crippen LogP contribution in [0.25, 0.3) is 0 Å². The quantitative estimate of drug-likeness (QED) is 0.792. The third kappa shape index (κ3) is 4.89. The van der Waals surface area contributed by atoms with Gasteiger partial charge in [0.1, 0.15) is 6.54 Å². The largest absolute Gasteiger partial charge is 0.480 e. The molecule has 0 saturated heterocycles. The summed E-state index contributed by atoms with van der Waals surface area (Å²) < 4.78 is 0. The van der Waals surface area contributed by atoms with Crippen molar-refractivity contribution >= 4 is 23.6 Å². The van der Waals surface area contributed by atoms with E-state index in [0.29, 0.717) is 0 Å². The van der Waals surface area contributed by atoms with E-state index in [9.17, 15) is 9.59 Å². The van der Waals surface area contributed by atoms with E-state index in [4.69, 9.17) is 5.11 Å². The normalized spacial score (nSPS) is 12.2. The van der Waals surface area contributed by atoms with Crippen LogP contribution >= 0.6 is 11.8 Å². The Labute approximate surface area is 124 Å². The number of carboxylic acid groups (broad SMARTS) is 1. The van der Waals surface area contributed by atoms with E-state index in [0.717, 1.165) is 10.5 Å². The van der Waals surface area contributed by atoms with Gasteiger partial charge in [0.2, 0.25) is 5.91 Å². The van der Waals surface area contributed by atoms with E-state index in [2.05, 4.69) is 11.4 Å². The van der Waals surface area contributed by atoms with Gasteiger partial charge in [0, 0.05) is 4.90 Å². The number of amides is 1. The number of hydrogen-bond acceptors (Lipinski definition) is 3. The van der Waals surface area contributed by atoms with E-state index < -0.39 is 5.97 Å². The molecular weight excluding hydrogens is 274 g/mol. The van der Waals surface area contributed by atoms with Crippen LogP contribution < -0.4 is 5.32 Å². The minimum absolute atomic E-state index is 0.120. The highest BCUT2D eigenvalue weighted by Crippen LogP contribution is 2.31. The molecule has 4 nitrogen and oxygen atoms in total. The first-order valence-corrected chi connectivity index (χ1v) is 7.42. The number of rotatable bonds is 6. The molecule has 0 aliphatic heterocycles. The van der Waals surface area contributed by atoms with Crippen molar-refractivity contribution in [1.29, 1.82) is 0 Å². The van der Waals surface area contributed by atoms with Crippen molar-refractivity contribution in [3.8, 4) is 0 Å². The summed E-state index contributed by atoms with van der Waals surface area (Å²) in [4.78, 5) is 23.7. The molecule has 1 atom stereocenters. The molecule has 0 bridgehead atoms. The first-order chi connectivity index (χ1) is 9.31. The number of benzene rings is 1.